The molecule has 2 heterocycles. The first-order valence-corrected chi connectivity index (χ1v) is 13.8. The van der Waals surface area contributed by atoms with E-state index in [-0.39, 0.29) is 12.2 Å². The maximum absolute atomic E-state index is 13.9. The van der Waals surface area contributed by atoms with Crippen LogP contribution in [0.15, 0.2) is 52.2 Å². The molecule has 14 heteroatoms. The fourth-order valence-electron chi connectivity index (χ4n) is 3.86. The van der Waals surface area contributed by atoms with Gasteiger partial charge in [0, 0.05) is 12.3 Å². The number of para-hydroxylation sites is 1. The molecule has 0 amide bonds. The fraction of sp³-hybridized carbons (Fsp3) is 0.480. The van der Waals surface area contributed by atoms with Gasteiger partial charge in [-0.05, 0) is 32.4 Å². The minimum Gasteiger partial charge on any atom is -0.462 e. The Morgan fingerprint density at radius 3 is 2.59 bits per heavy atom. The fourth-order valence-corrected chi connectivity index (χ4v) is 5.40. The van der Waals surface area contributed by atoms with Crippen LogP contribution >= 0.6 is 7.75 Å². The summed E-state index contributed by atoms with van der Waals surface area (Å²) in [6.07, 6.45) is 2.04. The lowest BCUT2D eigenvalue weighted by Gasteiger charge is -2.27. The summed E-state index contributed by atoms with van der Waals surface area (Å²) < 4.78 is 36.9. The molecule has 2 unspecified atom stereocenters. The van der Waals surface area contributed by atoms with Crippen LogP contribution in [-0.4, -0.2) is 62.3 Å². The van der Waals surface area contributed by atoms with Gasteiger partial charge < -0.3 is 24.2 Å². The first-order valence-electron chi connectivity index (χ1n) is 12.2. The van der Waals surface area contributed by atoms with Crippen molar-refractivity contribution < 1.29 is 38.1 Å². The monoisotopic (exact) mass is 565 g/mol. The third-order valence-electron chi connectivity index (χ3n) is 5.72. The molecule has 39 heavy (non-hydrogen) atoms. The number of nitrogens with zero attached hydrogens (tertiary/aromatic N) is 1. The predicted molar refractivity (Wildman–Crippen MR) is 139 cm³/mol. The maximum atomic E-state index is 13.9. The van der Waals surface area contributed by atoms with Crippen molar-refractivity contribution in [2.24, 2.45) is 0 Å². The van der Waals surface area contributed by atoms with Crippen LogP contribution in [0.3, 0.4) is 0 Å². The molecule has 1 saturated heterocycles. The minimum absolute atomic E-state index is 0.159. The Morgan fingerprint density at radius 2 is 2.00 bits per heavy atom. The molecule has 0 spiro atoms. The average molecular weight is 566 g/mol. The number of aliphatic hydroxyl groups excluding tert-OH is 1. The van der Waals surface area contributed by atoms with Gasteiger partial charge in [0.15, 0.2) is 11.8 Å². The number of benzene rings is 1. The third kappa shape index (κ3) is 7.24. The topological polar surface area (TPSA) is 178 Å². The standard InChI is InChI=1S/C25H32N3O10P/c1-5-10-18(22(31)36-16(3)4)27-39(34,38-17-11-8-7-9-12-17)35-15-19-21(30)25(33,6-2)23(37-19)28-14-13-20(29)26-24(28)32/h2,7-9,11-14,16,18-19,21,23,30,33H,5,10,15H2,1,3-4H3,(H,27,34)(H,26,29,32)/t18-,19?,21+,23+,25+,39?/m0/s1. The van der Waals surface area contributed by atoms with E-state index in [4.69, 9.17) is 24.9 Å². The van der Waals surface area contributed by atoms with E-state index in [0.717, 1.165) is 16.8 Å². The lowest BCUT2D eigenvalue weighted by molar-refractivity contribution is -0.149. The minimum atomic E-state index is -4.35. The van der Waals surface area contributed by atoms with Crippen molar-refractivity contribution in [2.75, 3.05) is 6.61 Å². The van der Waals surface area contributed by atoms with Crippen LogP contribution in [0, 0.1) is 12.3 Å². The van der Waals surface area contributed by atoms with Gasteiger partial charge in [0.05, 0.1) is 12.7 Å². The van der Waals surface area contributed by atoms with E-state index in [1.807, 2.05) is 17.8 Å². The van der Waals surface area contributed by atoms with E-state index in [9.17, 15) is 29.2 Å². The van der Waals surface area contributed by atoms with Gasteiger partial charge in [-0.25, -0.2) is 9.36 Å². The van der Waals surface area contributed by atoms with Crippen molar-refractivity contribution in [1.29, 1.82) is 0 Å². The number of terminal acetylenes is 1. The number of hydrogen-bond donors (Lipinski definition) is 4. The molecule has 6 atom stereocenters. The number of hydrogen-bond acceptors (Lipinski definition) is 10. The number of aromatic amines is 1. The first kappa shape index (κ1) is 30.3. The number of rotatable bonds is 12. The number of H-pyrrole nitrogens is 1. The second-order valence-electron chi connectivity index (χ2n) is 9.11. The molecule has 1 aliphatic rings. The molecule has 13 nitrogen and oxygen atoms in total. The highest BCUT2D eigenvalue weighted by molar-refractivity contribution is 7.52. The number of aliphatic hydroxyl groups is 2. The van der Waals surface area contributed by atoms with Crippen LogP contribution in [0.2, 0.25) is 0 Å². The summed E-state index contributed by atoms with van der Waals surface area (Å²) in [5, 5.41) is 24.4. The number of ether oxygens (including phenoxy) is 2. The van der Waals surface area contributed by atoms with E-state index >= 15 is 0 Å². The number of nitrogens with one attached hydrogen (secondary N) is 2. The number of esters is 1. The van der Waals surface area contributed by atoms with Crippen LogP contribution in [0.25, 0.3) is 0 Å². The predicted octanol–water partition coefficient (Wildman–Crippen LogP) is 1.07. The summed E-state index contributed by atoms with van der Waals surface area (Å²) in [5.74, 6) is 1.52. The van der Waals surface area contributed by atoms with Gasteiger partial charge in [-0.2, -0.15) is 5.09 Å². The second kappa shape index (κ2) is 12.7. The van der Waals surface area contributed by atoms with Crippen LogP contribution in [0.1, 0.15) is 39.8 Å². The normalized spacial score (nSPS) is 25.0. The lowest BCUT2D eigenvalue weighted by Crippen LogP contribution is -2.48. The Morgan fingerprint density at radius 1 is 1.31 bits per heavy atom. The van der Waals surface area contributed by atoms with Crippen LogP contribution in [0.5, 0.6) is 5.75 Å². The molecule has 3 rings (SSSR count). The number of carbonyl (C=O) groups excluding carboxylic acids is 1. The highest BCUT2D eigenvalue weighted by Crippen LogP contribution is 2.47. The number of aromatic nitrogens is 2. The van der Waals surface area contributed by atoms with Crippen molar-refractivity contribution in [1.82, 2.24) is 14.6 Å². The molecule has 212 valence electrons. The molecular weight excluding hydrogens is 533 g/mol. The van der Waals surface area contributed by atoms with Crippen LogP contribution in [0.4, 0.5) is 0 Å². The Kier molecular flexibility index (Phi) is 9.90. The smallest absolute Gasteiger partial charge is 0.459 e. The van der Waals surface area contributed by atoms with E-state index in [1.54, 1.807) is 32.0 Å². The molecule has 1 aliphatic heterocycles. The first-order chi connectivity index (χ1) is 18.4. The van der Waals surface area contributed by atoms with Crippen molar-refractivity contribution in [3.8, 4) is 18.1 Å². The molecule has 1 aromatic carbocycles. The zero-order valence-corrected chi connectivity index (χ0v) is 22.6. The molecule has 2 aromatic rings. The van der Waals surface area contributed by atoms with Gasteiger partial charge in [-0.15, -0.1) is 6.42 Å². The highest BCUT2D eigenvalue weighted by Gasteiger charge is 2.56. The van der Waals surface area contributed by atoms with Gasteiger partial charge in [0.2, 0.25) is 0 Å². The molecule has 1 fully saturated rings. The summed E-state index contributed by atoms with van der Waals surface area (Å²) in [7, 11) is -4.35. The third-order valence-corrected chi connectivity index (χ3v) is 7.29. The van der Waals surface area contributed by atoms with E-state index in [0.29, 0.717) is 6.42 Å². The molecule has 0 saturated carbocycles. The molecule has 0 aliphatic carbocycles. The van der Waals surface area contributed by atoms with Crippen LogP contribution < -0.4 is 20.9 Å². The van der Waals surface area contributed by atoms with Crippen molar-refractivity contribution in [3.63, 3.8) is 0 Å². The zero-order valence-electron chi connectivity index (χ0n) is 21.7. The summed E-state index contributed by atoms with van der Waals surface area (Å²) in [6, 6.07) is 7.99. The van der Waals surface area contributed by atoms with Gasteiger partial charge in [-0.1, -0.05) is 37.5 Å². The van der Waals surface area contributed by atoms with Gasteiger partial charge >= 0.3 is 19.4 Å². The molecule has 4 N–H and O–H groups in total. The molecule has 1 aromatic heterocycles. The molecule has 0 radical (unpaired) electrons. The van der Waals surface area contributed by atoms with E-state index in [1.165, 1.54) is 12.1 Å². The maximum Gasteiger partial charge on any atom is 0.459 e. The quantitative estimate of drug-likeness (QED) is 0.164. The number of carbonyl (C=O) groups is 1. The Hall–Kier alpha value is -3.24. The van der Waals surface area contributed by atoms with Crippen LogP contribution in [-0.2, 0) is 23.4 Å². The van der Waals surface area contributed by atoms with Crippen molar-refractivity contribution >= 4 is 13.7 Å². The van der Waals surface area contributed by atoms with Gasteiger partial charge in [0.1, 0.15) is 24.0 Å². The van der Waals surface area contributed by atoms with Gasteiger partial charge in [-0.3, -0.25) is 23.7 Å². The summed E-state index contributed by atoms with van der Waals surface area (Å²) >= 11 is 0. The van der Waals surface area contributed by atoms with E-state index in [2.05, 4.69) is 5.09 Å². The summed E-state index contributed by atoms with van der Waals surface area (Å²) in [4.78, 5) is 38.4. The van der Waals surface area contributed by atoms with Crippen molar-refractivity contribution in [2.45, 2.75) is 69.8 Å². The highest BCUT2D eigenvalue weighted by atomic mass is 31.2. The average Bonchev–Trinajstić information content (AvgIpc) is 3.13. The molecular formula is C25H32N3O10P. The SMILES string of the molecule is C#C[C@@]1(O)[C@H](O)C(COP(=O)(N[C@@H](CCC)C(=O)OC(C)C)Oc2ccccc2)O[C@H]1n1ccc(=O)[nH]c1=O. The Labute approximate surface area is 224 Å². The lowest BCUT2D eigenvalue weighted by atomic mass is 9.95. The second-order valence-corrected chi connectivity index (χ2v) is 10.8. The Balaban J connectivity index is 1.87. The van der Waals surface area contributed by atoms with Gasteiger partial charge in [0.25, 0.3) is 5.56 Å². The zero-order chi connectivity index (χ0) is 28.8. The van der Waals surface area contributed by atoms with E-state index < -0.39 is 67.8 Å². The summed E-state index contributed by atoms with van der Waals surface area (Å²) in [6.45, 7) is 4.53. The Bertz CT molecular complexity index is 1340. The molecule has 0 bridgehead atoms. The van der Waals surface area contributed by atoms with Crippen molar-refractivity contribution in [3.05, 3.63) is 63.4 Å². The summed E-state index contributed by atoms with van der Waals surface area (Å²) in [5.41, 5.74) is -4.05. The largest absolute Gasteiger partial charge is 0.462 e.